The molecule has 0 amide bonds. The Morgan fingerprint density at radius 1 is 0.839 bits per heavy atom. The maximum Gasteiger partial charge on any atom is 0.152 e. The van der Waals surface area contributed by atoms with Crippen LogP contribution in [0.5, 0.6) is 0 Å². The standard InChI is InChI=1S/C25H24ClN5/c26-20-12-9-18(10-13-20)25-29-24(22-8-4-5-15-27-22)23(30-31-25)19-11-14-21(28-16-19)17-6-2-1-3-7-17/h1-10,12-13,15,19,21,28,30H,11,14,16H2,(H,29,31)/t19-,21-/m1/s1. The number of rotatable bonds is 4. The second-order valence-electron chi connectivity index (χ2n) is 7.84. The van der Waals surface area contributed by atoms with Crippen molar-refractivity contribution in [1.82, 2.24) is 21.2 Å². The van der Waals surface area contributed by atoms with Crippen LogP contribution in [0.4, 0.5) is 0 Å². The predicted molar refractivity (Wildman–Crippen MR) is 125 cm³/mol. The van der Waals surface area contributed by atoms with E-state index in [9.17, 15) is 0 Å². The van der Waals surface area contributed by atoms with Crippen molar-refractivity contribution in [3.8, 4) is 0 Å². The maximum absolute atomic E-state index is 6.05. The number of hydrogen-bond acceptors (Lipinski definition) is 5. The van der Waals surface area contributed by atoms with Gasteiger partial charge in [0, 0.05) is 35.3 Å². The summed E-state index contributed by atoms with van der Waals surface area (Å²) in [5.41, 5.74) is 11.9. The average Bonchev–Trinajstić information content (AvgIpc) is 2.85. The molecule has 2 atom stereocenters. The van der Waals surface area contributed by atoms with E-state index in [1.165, 1.54) is 5.56 Å². The van der Waals surface area contributed by atoms with E-state index < -0.39 is 0 Å². The maximum atomic E-state index is 6.05. The minimum atomic E-state index is 0.319. The molecule has 0 spiro atoms. The molecule has 2 aliphatic heterocycles. The first kappa shape index (κ1) is 19.8. The predicted octanol–water partition coefficient (Wildman–Crippen LogP) is 4.70. The van der Waals surface area contributed by atoms with Crippen LogP contribution in [0.25, 0.3) is 5.70 Å². The lowest BCUT2D eigenvalue weighted by molar-refractivity contribution is 0.333. The number of pyridine rings is 1. The van der Waals surface area contributed by atoms with E-state index in [1.807, 2.05) is 48.7 Å². The lowest BCUT2D eigenvalue weighted by atomic mass is 9.88. The Bertz CT molecular complexity index is 1090. The molecule has 0 aliphatic carbocycles. The molecular formula is C25H24ClN5. The van der Waals surface area contributed by atoms with Gasteiger partial charge in [0.25, 0.3) is 0 Å². The van der Waals surface area contributed by atoms with Gasteiger partial charge >= 0.3 is 0 Å². The molecule has 156 valence electrons. The highest BCUT2D eigenvalue weighted by Crippen LogP contribution is 2.33. The van der Waals surface area contributed by atoms with Crippen molar-refractivity contribution in [2.75, 3.05) is 6.54 Å². The number of hydrogen-bond donors (Lipinski definition) is 3. The molecule has 1 fully saturated rings. The summed E-state index contributed by atoms with van der Waals surface area (Å²) in [4.78, 5) is 9.55. The fourth-order valence-corrected chi connectivity index (χ4v) is 4.32. The van der Waals surface area contributed by atoms with E-state index >= 15 is 0 Å². The minimum Gasteiger partial charge on any atom is -0.309 e. The molecule has 3 aromatic rings. The van der Waals surface area contributed by atoms with Gasteiger partial charge in [-0.05, 0) is 54.8 Å². The number of benzene rings is 2. The summed E-state index contributed by atoms with van der Waals surface area (Å²) in [5, 5.41) is 4.42. The highest BCUT2D eigenvalue weighted by Gasteiger charge is 2.29. The molecule has 0 radical (unpaired) electrons. The van der Waals surface area contributed by atoms with Gasteiger partial charge in [0.15, 0.2) is 5.84 Å². The first-order valence-electron chi connectivity index (χ1n) is 10.6. The van der Waals surface area contributed by atoms with Crippen LogP contribution >= 0.6 is 11.6 Å². The summed E-state index contributed by atoms with van der Waals surface area (Å²) in [6, 6.07) is 24.6. The summed E-state index contributed by atoms with van der Waals surface area (Å²) in [7, 11) is 0. The quantitative estimate of drug-likeness (QED) is 0.562. The highest BCUT2D eigenvalue weighted by molar-refractivity contribution is 6.30. The summed E-state index contributed by atoms with van der Waals surface area (Å²) >= 11 is 6.05. The Labute approximate surface area is 187 Å². The molecule has 1 aromatic heterocycles. The van der Waals surface area contributed by atoms with Crippen molar-refractivity contribution in [1.29, 1.82) is 0 Å². The zero-order valence-corrected chi connectivity index (χ0v) is 17.8. The van der Waals surface area contributed by atoms with Crippen LogP contribution in [0.2, 0.25) is 5.02 Å². The molecule has 3 N–H and O–H groups in total. The zero-order valence-electron chi connectivity index (χ0n) is 17.1. The Morgan fingerprint density at radius 2 is 1.65 bits per heavy atom. The lowest BCUT2D eigenvalue weighted by Gasteiger charge is -2.34. The van der Waals surface area contributed by atoms with Gasteiger partial charge in [-0.15, -0.1) is 0 Å². The fourth-order valence-electron chi connectivity index (χ4n) is 4.20. The first-order chi connectivity index (χ1) is 15.3. The third kappa shape index (κ3) is 4.33. The lowest BCUT2D eigenvalue weighted by Crippen LogP contribution is -2.46. The van der Waals surface area contributed by atoms with Crippen LogP contribution in [0.1, 0.15) is 35.7 Å². The molecule has 0 unspecified atom stereocenters. The average molecular weight is 430 g/mol. The minimum absolute atomic E-state index is 0.319. The number of hydrazine groups is 1. The zero-order chi connectivity index (χ0) is 21.0. The number of halogens is 1. The van der Waals surface area contributed by atoms with E-state index in [-0.39, 0.29) is 0 Å². The Kier molecular flexibility index (Phi) is 5.69. The van der Waals surface area contributed by atoms with E-state index in [2.05, 4.69) is 51.5 Å². The summed E-state index contributed by atoms with van der Waals surface area (Å²) in [5.74, 6) is 1.08. The molecule has 5 rings (SSSR count). The second kappa shape index (κ2) is 8.92. The number of nitrogens with one attached hydrogen (secondary N) is 3. The Hall–Kier alpha value is -3.15. The number of amidine groups is 1. The number of piperidine rings is 1. The van der Waals surface area contributed by atoms with Crippen LogP contribution < -0.4 is 16.2 Å². The molecule has 2 aliphatic rings. The highest BCUT2D eigenvalue weighted by atomic mass is 35.5. The molecule has 31 heavy (non-hydrogen) atoms. The smallest absolute Gasteiger partial charge is 0.152 e. The van der Waals surface area contributed by atoms with E-state index in [1.54, 1.807) is 0 Å². The first-order valence-corrected chi connectivity index (χ1v) is 11.0. The van der Waals surface area contributed by atoms with Crippen LogP contribution in [0.3, 0.4) is 0 Å². The molecule has 3 heterocycles. The van der Waals surface area contributed by atoms with Crippen LogP contribution in [0.15, 0.2) is 89.7 Å². The fraction of sp³-hybridized carbons (Fsp3) is 0.200. The van der Waals surface area contributed by atoms with Crippen LogP contribution in [-0.4, -0.2) is 17.4 Å². The van der Waals surface area contributed by atoms with Gasteiger partial charge in [0.05, 0.1) is 11.4 Å². The van der Waals surface area contributed by atoms with Crippen molar-refractivity contribution in [2.24, 2.45) is 10.9 Å². The normalized spacial score (nSPS) is 21.1. The van der Waals surface area contributed by atoms with Crippen LogP contribution in [0, 0.1) is 5.92 Å². The molecule has 2 aromatic carbocycles. The van der Waals surface area contributed by atoms with E-state index in [4.69, 9.17) is 16.6 Å². The number of aliphatic imine (C=N–C) groups is 1. The molecular weight excluding hydrogens is 406 g/mol. The largest absolute Gasteiger partial charge is 0.309 e. The van der Waals surface area contributed by atoms with Gasteiger partial charge in [0.1, 0.15) is 5.70 Å². The third-order valence-corrected chi connectivity index (χ3v) is 6.10. The number of nitrogens with zero attached hydrogens (tertiary/aromatic N) is 2. The monoisotopic (exact) mass is 429 g/mol. The van der Waals surface area contributed by atoms with Crippen molar-refractivity contribution in [3.05, 3.63) is 107 Å². The van der Waals surface area contributed by atoms with Crippen molar-refractivity contribution in [2.45, 2.75) is 18.9 Å². The van der Waals surface area contributed by atoms with Crippen LogP contribution in [-0.2, 0) is 0 Å². The van der Waals surface area contributed by atoms with Gasteiger partial charge in [-0.1, -0.05) is 48.0 Å². The topological polar surface area (TPSA) is 61.3 Å². The molecule has 0 saturated carbocycles. The molecule has 0 bridgehead atoms. The molecule has 6 heteroatoms. The molecule has 5 nitrogen and oxygen atoms in total. The third-order valence-electron chi connectivity index (χ3n) is 5.84. The van der Waals surface area contributed by atoms with Gasteiger partial charge in [-0.2, -0.15) is 0 Å². The Balaban J connectivity index is 1.44. The Morgan fingerprint density at radius 3 is 2.35 bits per heavy atom. The van der Waals surface area contributed by atoms with E-state index in [0.717, 1.165) is 47.9 Å². The molecule has 1 saturated heterocycles. The van der Waals surface area contributed by atoms with Gasteiger partial charge in [0.2, 0.25) is 0 Å². The van der Waals surface area contributed by atoms with Crippen molar-refractivity contribution in [3.63, 3.8) is 0 Å². The SMILES string of the molecule is Clc1ccc(C2=NC(c3ccccn3)=C([C@@H]3CC[C@H](c4ccccc4)NC3)NN2)cc1. The number of aromatic nitrogens is 1. The second-order valence-corrected chi connectivity index (χ2v) is 8.28. The summed E-state index contributed by atoms with van der Waals surface area (Å²) < 4.78 is 0. The van der Waals surface area contributed by atoms with Gasteiger partial charge in [-0.25, -0.2) is 4.99 Å². The van der Waals surface area contributed by atoms with Crippen molar-refractivity contribution < 1.29 is 0 Å². The summed E-state index contributed by atoms with van der Waals surface area (Å²) in [6.45, 7) is 0.881. The van der Waals surface area contributed by atoms with Gasteiger partial charge < -0.3 is 10.7 Å². The van der Waals surface area contributed by atoms with Crippen molar-refractivity contribution >= 4 is 23.1 Å². The van der Waals surface area contributed by atoms with Gasteiger partial charge in [-0.3, -0.25) is 10.4 Å². The van der Waals surface area contributed by atoms with E-state index in [0.29, 0.717) is 17.0 Å². The summed E-state index contributed by atoms with van der Waals surface area (Å²) in [6.07, 6.45) is 3.95.